The number of benzene rings is 1. The molecule has 0 unspecified atom stereocenters. The van der Waals surface area contributed by atoms with Crippen molar-refractivity contribution in [3.63, 3.8) is 0 Å². The lowest BCUT2D eigenvalue weighted by Gasteiger charge is -2.35. The number of likely N-dealkylation sites (tertiary alicyclic amines) is 1. The zero-order valence-electron chi connectivity index (χ0n) is 14.6. The molecule has 0 saturated carbocycles. The Morgan fingerprint density at radius 2 is 2.04 bits per heavy atom. The summed E-state index contributed by atoms with van der Waals surface area (Å²) in [4.78, 5) is 28.4. The van der Waals surface area contributed by atoms with E-state index in [-0.39, 0.29) is 25.1 Å². The molecule has 1 N–H and O–H groups in total. The van der Waals surface area contributed by atoms with Crippen LogP contribution in [-0.2, 0) is 9.53 Å². The first kappa shape index (κ1) is 17.0. The molecule has 8 nitrogen and oxygen atoms in total. The first-order chi connectivity index (χ1) is 12.5. The Morgan fingerprint density at radius 1 is 1.27 bits per heavy atom. The van der Waals surface area contributed by atoms with E-state index >= 15 is 0 Å². The minimum atomic E-state index is -1.12. The molecule has 3 aliphatic rings. The fourth-order valence-corrected chi connectivity index (χ4v) is 4.09. The maximum Gasteiger partial charge on any atom is 0.320 e. The fraction of sp³-hybridized carbons (Fsp3) is 0.556. The molecule has 26 heavy (non-hydrogen) atoms. The van der Waals surface area contributed by atoms with Gasteiger partial charge in [-0.2, -0.15) is 0 Å². The smallest absolute Gasteiger partial charge is 0.320 e. The van der Waals surface area contributed by atoms with Crippen LogP contribution in [0.25, 0.3) is 0 Å². The Bertz CT molecular complexity index is 732. The summed E-state index contributed by atoms with van der Waals surface area (Å²) in [6.07, 6.45) is 0. The molecule has 2 atom stereocenters. The molecule has 2 saturated heterocycles. The summed E-state index contributed by atoms with van der Waals surface area (Å²) in [6, 6.07) is 5.29. The summed E-state index contributed by atoms with van der Waals surface area (Å²) in [7, 11) is 1.57. The van der Waals surface area contributed by atoms with E-state index in [1.165, 1.54) is 0 Å². The predicted octanol–water partition coefficient (Wildman–Crippen LogP) is 1.01. The molecule has 0 aromatic heterocycles. The number of urea groups is 1. The molecule has 0 bridgehead atoms. The van der Waals surface area contributed by atoms with Crippen molar-refractivity contribution in [3.05, 3.63) is 23.8 Å². The topological polar surface area (TPSA) is 88.5 Å². The molecular weight excluding hydrogens is 340 g/mol. The number of rotatable bonds is 2. The number of ether oxygens (including phenoxy) is 3. The third-order valence-electron chi connectivity index (χ3n) is 5.60. The van der Waals surface area contributed by atoms with Crippen LogP contribution < -0.4 is 9.47 Å². The number of morpholine rings is 1. The monoisotopic (exact) mass is 362 g/mol. The largest absolute Gasteiger partial charge is 0.497 e. The van der Waals surface area contributed by atoms with Crippen LogP contribution in [0.1, 0.15) is 11.5 Å². The third-order valence-corrected chi connectivity index (χ3v) is 5.60. The van der Waals surface area contributed by atoms with Crippen molar-refractivity contribution in [2.24, 2.45) is 5.41 Å². The normalized spacial score (nSPS) is 27.3. The number of aliphatic carboxylic acids is 1. The van der Waals surface area contributed by atoms with Crippen LogP contribution in [0, 0.1) is 5.41 Å². The van der Waals surface area contributed by atoms with Gasteiger partial charge in [-0.1, -0.05) is 6.07 Å². The molecule has 3 aliphatic heterocycles. The number of carbonyl (C=O) groups is 2. The van der Waals surface area contributed by atoms with E-state index in [0.29, 0.717) is 44.3 Å². The summed E-state index contributed by atoms with van der Waals surface area (Å²) in [5.74, 6) is 0.0543. The number of fused-ring (bicyclic) bond motifs is 3. The number of amides is 2. The average Bonchev–Trinajstić information content (AvgIpc) is 3.09. The van der Waals surface area contributed by atoms with Crippen LogP contribution in [0.2, 0.25) is 0 Å². The lowest BCUT2D eigenvalue weighted by Crippen LogP contribution is -2.49. The van der Waals surface area contributed by atoms with Gasteiger partial charge in [0.15, 0.2) is 0 Å². The lowest BCUT2D eigenvalue weighted by atomic mass is 9.73. The highest BCUT2D eigenvalue weighted by atomic mass is 16.5. The van der Waals surface area contributed by atoms with E-state index in [9.17, 15) is 14.7 Å². The van der Waals surface area contributed by atoms with Gasteiger partial charge in [0, 0.05) is 43.7 Å². The summed E-state index contributed by atoms with van der Waals surface area (Å²) in [5, 5.41) is 9.96. The molecule has 1 aromatic rings. The Hall–Kier alpha value is -2.48. The Balaban J connectivity index is 1.64. The van der Waals surface area contributed by atoms with Crippen LogP contribution >= 0.6 is 0 Å². The van der Waals surface area contributed by atoms with Crippen molar-refractivity contribution in [3.8, 4) is 11.5 Å². The number of methoxy groups -OCH3 is 1. The second kappa shape index (κ2) is 6.35. The van der Waals surface area contributed by atoms with E-state index in [4.69, 9.17) is 14.2 Å². The molecule has 2 fully saturated rings. The zero-order valence-corrected chi connectivity index (χ0v) is 14.6. The van der Waals surface area contributed by atoms with Gasteiger partial charge in [-0.25, -0.2) is 4.79 Å². The van der Waals surface area contributed by atoms with E-state index in [0.717, 1.165) is 5.56 Å². The molecule has 3 heterocycles. The number of hydrogen-bond donors (Lipinski definition) is 1. The quantitative estimate of drug-likeness (QED) is 0.845. The third kappa shape index (κ3) is 2.56. The van der Waals surface area contributed by atoms with Crippen molar-refractivity contribution in [1.82, 2.24) is 9.80 Å². The van der Waals surface area contributed by atoms with Gasteiger partial charge < -0.3 is 29.1 Å². The van der Waals surface area contributed by atoms with E-state index in [1.54, 1.807) is 29.0 Å². The van der Waals surface area contributed by atoms with Crippen molar-refractivity contribution >= 4 is 12.0 Å². The van der Waals surface area contributed by atoms with Crippen molar-refractivity contribution in [2.75, 3.05) is 53.1 Å². The summed E-state index contributed by atoms with van der Waals surface area (Å²) in [6.45, 7) is 2.65. The average molecular weight is 362 g/mol. The number of carbonyl (C=O) groups excluding carboxylic acids is 1. The second-order valence-corrected chi connectivity index (χ2v) is 6.97. The van der Waals surface area contributed by atoms with Gasteiger partial charge in [0.1, 0.15) is 23.5 Å². The highest BCUT2D eigenvalue weighted by molar-refractivity contribution is 5.82. The second-order valence-electron chi connectivity index (χ2n) is 6.97. The molecule has 4 rings (SSSR count). The van der Waals surface area contributed by atoms with E-state index < -0.39 is 11.4 Å². The first-order valence-corrected chi connectivity index (χ1v) is 8.71. The van der Waals surface area contributed by atoms with E-state index in [2.05, 4.69) is 0 Å². The maximum atomic E-state index is 12.9. The molecule has 1 aromatic carbocycles. The summed E-state index contributed by atoms with van der Waals surface area (Å²) >= 11 is 0. The molecule has 0 aliphatic carbocycles. The van der Waals surface area contributed by atoms with Crippen molar-refractivity contribution < 1.29 is 28.9 Å². The summed E-state index contributed by atoms with van der Waals surface area (Å²) < 4.78 is 16.3. The standard InChI is InChI=1S/C18H22N2O6/c1-24-12-2-3-13-14-9-20(17(23)19-4-6-25-7-5-19)10-18(14,16(21)22)11-26-15(13)8-12/h2-3,8,14H,4-7,9-11H2,1H3,(H,21,22)/t14-,18-/m1/s1. The van der Waals surface area contributed by atoms with Crippen LogP contribution in [0.3, 0.4) is 0 Å². The van der Waals surface area contributed by atoms with Gasteiger partial charge in [-0.15, -0.1) is 0 Å². The van der Waals surface area contributed by atoms with Gasteiger partial charge >= 0.3 is 12.0 Å². The molecule has 140 valence electrons. The molecular formula is C18H22N2O6. The Labute approximate surface area is 151 Å². The van der Waals surface area contributed by atoms with Gasteiger partial charge in [0.05, 0.1) is 20.3 Å². The highest BCUT2D eigenvalue weighted by Gasteiger charge is 2.58. The fourth-order valence-electron chi connectivity index (χ4n) is 4.09. The van der Waals surface area contributed by atoms with Crippen molar-refractivity contribution in [1.29, 1.82) is 0 Å². The number of carboxylic acids is 1. The van der Waals surface area contributed by atoms with Crippen LogP contribution in [0.5, 0.6) is 11.5 Å². The van der Waals surface area contributed by atoms with Crippen LogP contribution in [-0.4, -0.2) is 80.0 Å². The predicted molar refractivity (Wildman–Crippen MR) is 90.7 cm³/mol. The van der Waals surface area contributed by atoms with Gasteiger partial charge in [0.25, 0.3) is 0 Å². The number of carboxylic acid groups (broad SMARTS) is 1. The lowest BCUT2D eigenvalue weighted by molar-refractivity contribution is -0.151. The first-order valence-electron chi connectivity index (χ1n) is 8.71. The van der Waals surface area contributed by atoms with Gasteiger partial charge in [-0.05, 0) is 6.07 Å². The molecule has 0 spiro atoms. The number of hydrogen-bond acceptors (Lipinski definition) is 5. The van der Waals surface area contributed by atoms with Gasteiger partial charge in [-0.3, -0.25) is 4.79 Å². The van der Waals surface area contributed by atoms with Gasteiger partial charge in [0.2, 0.25) is 0 Å². The van der Waals surface area contributed by atoms with Crippen LogP contribution in [0.15, 0.2) is 18.2 Å². The molecule has 2 amide bonds. The Kier molecular flexibility index (Phi) is 4.14. The highest BCUT2D eigenvalue weighted by Crippen LogP contribution is 2.50. The van der Waals surface area contributed by atoms with Crippen LogP contribution in [0.4, 0.5) is 4.79 Å². The Morgan fingerprint density at radius 3 is 2.73 bits per heavy atom. The molecule has 8 heteroatoms. The molecule has 0 radical (unpaired) electrons. The maximum absolute atomic E-state index is 12.9. The minimum absolute atomic E-state index is 0.0417. The zero-order chi connectivity index (χ0) is 18.3. The SMILES string of the molecule is COc1ccc2c(c1)OC[C@]1(C(=O)O)CN(C(=O)N3CCOCC3)C[C@H]21. The van der Waals surface area contributed by atoms with E-state index in [1.807, 2.05) is 6.07 Å². The number of nitrogens with zero attached hydrogens (tertiary/aromatic N) is 2. The van der Waals surface area contributed by atoms with Crippen molar-refractivity contribution in [2.45, 2.75) is 5.92 Å². The summed E-state index contributed by atoms with van der Waals surface area (Å²) in [5.41, 5.74) is -0.305. The minimum Gasteiger partial charge on any atom is -0.497 e.